The minimum absolute atomic E-state index is 0.144. The van der Waals surface area contributed by atoms with Gasteiger partial charge in [-0.2, -0.15) is 0 Å². The molecule has 0 bridgehead atoms. The third-order valence-electron chi connectivity index (χ3n) is 6.59. The van der Waals surface area contributed by atoms with Crippen molar-refractivity contribution >= 4 is 51.9 Å². The molecule has 0 spiro atoms. The normalized spacial score (nSPS) is 24.0. The number of rotatable bonds is 8. The molecule has 0 N–H and O–H groups in total. The molecule has 0 aliphatic carbocycles. The molecule has 37 heavy (non-hydrogen) atoms. The number of thiophene rings is 1. The highest BCUT2D eigenvalue weighted by Gasteiger charge is 2.73. The molecule has 2 saturated heterocycles. The summed E-state index contributed by atoms with van der Waals surface area (Å²) in [5.41, 5.74) is 1.69. The number of carbonyl (C=O) groups is 3. The van der Waals surface area contributed by atoms with Crippen LogP contribution in [0.1, 0.15) is 36.0 Å². The van der Waals surface area contributed by atoms with Gasteiger partial charge in [-0.1, -0.05) is 66.7 Å². The molecule has 5 rings (SSSR count). The number of β-lactam (4-membered cyclic amide) rings is 1. The first kappa shape index (κ1) is 26.0. The number of nitrogens with zero attached hydrogens (tertiary/aromatic N) is 1. The fourth-order valence-electron chi connectivity index (χ4n) is 4.83. The topological polar surface area (TPSA) is 72.9 Å². The monoisotopic (exact) mass is 553 g/mol. The zero-order valence-electron chi connectivity index (χ0n) is 20.7. The van der Waals surface area contributed by atoms with Crippen LogP contribution in [0.25, 0.3) is 0 Å². The molecular formula is C28H27NO5S3. The quantitative estimate of drug-likeness (QED) is 0.213. The number of hydrogen-bond donors (Lipinski definition) is 0. The number of esters is 1. The Morgan fingerprint density at radius 2 is 1.62 bits per heavy atom. The summed E-state index contributed by atoms with van der Waals surface area (Å²) in [5, 5.41) is 1.29. The van der Waals surface area contributed by atoms with Gasteiger partial charge < -0.3 is 14.4 Å². The largest absolute Gasteiger partial charge is 0.451 e. The van der Waals surface area contributed by atoms with Gasteiger partial charge in [-0.25, -0.2) is 4.79 Å². The van der Waals surface area contributed by atoms with E-state index in [2.05, 4.69) is 0 Å². The summed E-state index contributed by atoms with van der Waals surface area (Å²) < 4.78 is 11.2. The summed E-state index contributed by atoms with van der Waals surface area (Å²) in [5.74, 6) is -0.855. The molecule has 9 heteroatoms. The van der Waals surface area contributed by atoms with Crippen molar-refractivity contribution in [1.29, 1.82) is 0 Å². The number of benzene rings is 2. The first-order chi connectivity index (χ1) is 17.8. The van der Waals surface area contributed by atoms with E-state index in [1.807, 2.05) is 92.0 Å². The second-order valence-corrected chi connectivity index (χ2v) is 13.5. The lowest BCUT2D eigenvalue weighted by Gasteiger charge is -2.50. The predicted molar refractivity (Wildman–Crippen MR) is 147 cm³/mol. The van der Waals surface area contributed by atoms with E-state index in [9.17, 15) is 14.4 Å². The van der Waals surface area contributed by atoms with Crippen LogP contribution in [0.15, 0.2) is 78.2 Å². The molecule has 2 aliphatic rings. The molecule has 3 heterocycles. The zero-order valence-corrected chi connectivity index (χ0v) is 23.1. The average molecular weight is 554 g/mol. The SMILES string of the molecule is CO[C@]1(SC(=O)Cc2cccs2)C(=O)N2[C@@H](C(=O)OC(c3ccccc3)c3ccccc3)C(C)(C)S[C@@H]21. The summed E-state index contributed by atoms with van der Waals surface area (Å²) in [6.45, 7) is 3.85. The lowest BCUT2D eigenvalue weighted by Crippen LogP contribution is -2.73. The molecule has 0 unspecified atom stereocenters. The molecule has 6 nitrogen and oxygen atoms in total. The number of methoxy groups -OCH3 is 1. The molecule has 192 valence electrons. The third kappa shape index (κ3) is 4.74. The lowest BCUT2D eigenvalue weighted by molar-refractivity contribution is -0.180. The van der Waals surface area contributed by atoms with E-state index in [1.165, 1.54) is 35.1 Å². The van der Waals surface area contributed by atoms with Gasteiger partial charge >= 0.3 is 5.97 Å². The minimum atomic E-state index is -1.36. The molecule has 3 aromatic rings. The first-order valence-corrected chi connectivity index (χ1v) is 14.4. The zero-order chi connectivity index (χ0) is 26.2. The fourth-order valence-corrected chi connectivity index (χ4v) is 8.57. The summed E-state index contributed by atoms with van der Waals surface area (Å²) in [6, 6.07) is 22.1. The average Bonchev–Trinajstić information content (AvgIpc) is 3.50. The van der Waals surface area contributed by atoms with Gasteiger partial charge in [0.05, 0.1) is 6.42 Å². The predicted octanol–water partition coefficient (Wildman–Crippen LogP) is 5.29. The summed E-state index contributed by atoms with van der Waals surface area (Å²) in [4.78, 5) is 41.3. The number of fused-ring (bicyclic) bond motifs is 1. The van der Waals surface area contributed by atoms with E-state index in [1.54, 1.807) is 0 Å². The van der Waals surface area contributed by atoms with Crippen molar-refractivity contribution in [2.75, 3.05) is 7.11 Å². The fraction of sp³-hybridized carbons (Fsp3) is 0.321. The maximum Gasteiger partial charge on any atom is 0.331 e. The Bertz CT molecular complexity index is 1240. The van der Waals surface area contributed by atoms with E-state index >= 15 is 0 Å². The highest BCUT2D eigenvalue weighted by Crippen LogP contribution is 2.60. The molecule has 1 aromatic heterocycles. The van der Waals surface area contributed by atoms with E-state index in [0.29, 0.717) is 0 Å². The summed E-state index contributed by atoms with van der Waals surface area (Å²) >= 11 is 3.89. The van der Waals surface area contributed by atoms with Crippen LogP contribution in [0.5, 0.6) is 0 Å². The number of ether oxygens (including phenoxy) is 2. The van der Waals surface area contributed by atoms with Crippen molar-refractivity contribution in [3.63, 3.8) is 0 Å². The number of thioether (sulfide) groups is 2. The maximum atomic E-state index is 13.7. The number of carbonyl (C=O) groups excluding carboxylic acids is 3. The van der Waals surface area contributed by atoms with E-state index in [-0.39, 0.29) is 17.4 Å². The lowest BCUT2D eigenvalue weighted by atomic mass is 9.96. The first-order valence-electron chi connectivity index (χ1n) is 11.9. The Morgan fingerprint density at radius 3 is 2.16 bits per heavy atom. The third-order valence-corrected chi connectivity index (χ3v) is 10.5. The van der Waals surface area contributed by atoms with Crippen LogP contribution < -0.4 is 0 Å². The van der Waals surface area contributed by atoms with Crippen molar-refractivity contribution in [2.24, 2.45) is 0 Å². The van der Waals surface area contributed by atoms with Gasteiger partial charge in [-0.3, -0.25) is 9.59 Å². The van der Waals surface area contributed by atoms with Crippen LogP contribution in [0.2, 0.25) is 0 Å². The van der Waals surface area contributed by atoms with Crippen LogP contribution in [-0.4, -0.2) is 50.1 Å². The van der Waals surface area contributed by atoms with Crippen LogP contribution in [0.4, 0.5) is 0 Å². The van der Waals surface area contributed by atoms with Gasteiger partial charge in [0, 0.05) is 16.7 Å². The Kier molecular flexibility index (Phi) is 7.24. The molecule has 3 atom stereocenters. The van der Waals surface area contributed by atoms with Gasteiger partial charge in [0.25, 0.3) is 5.91 Å². The summed E-state index contributed by atoms with van der Waals surface area (Å²) in [7, 11) is 1.45. The van der Waals surface area contributed by atoms with Gasteiger partial charge in [0.15, 0.2) is 11.2 Å². The van der Waals surface area contributed by atoms with Crippen LogP contribution >= 0.6 is 34.9 Å². The van der Waals surface area contributed by atoms with Gasteiger partial charge in [0.2, 0.25) is 4.93 Å². The minimum Gasteiger partial charge on any atom is -0.451 e. The van der Waals surface area contributed by atoms with E-state index < -0.39 is 33.2 Å². The second kappa shape index (κ2) is 10.3. The highest BCUT2D eigenvalue weighted by molar-refractivity contribution is 8.16. The molecular weight excluding hydrogens is 527 g/mol. The molecule has 2 aliphatic heterocycles. The molecule has 2 aromatic carbocycles. The van der Waals surface area contributed by atoms with Crippen LogP contribution in [0.3, 0.4) is 0 Å². The van der Waals surface area contributed by atoms with Crippen LogP contribution in [-0.2, 0) is 30.3 Å². The maximum absolute atomic E-state index is 13.7. The van der Waals surface area contributed by atoms with E-state index in [4.69, 9.17) is 9.47 Å². The second-order valence-electron chi connectivity index (χ2n) is 9.43. The van der Waals surface area contributed by atoms with Crippen molar-refractivity contribution in [3.8, 4) is 0 Å². The number of hydrogen-bond acceptors (Lipinski definition) is 8. The Hall–Kier alpha value is -2.59. The molecule has 2 fully saturated rings. The summed E-state index contributed by atoms with van der Waals surface area (Å²) in [6.07, 6.45) is -0.386. The molecule has 0 saturated carbocycles. The smallest absolute Gasteiger partial charge is 0.331 e. The van der Waals surface area contributed by atoms with Crippen molar-refractivity contribution in [1.82, 2.24) is 4.90 Å². The van der Waals surface area contributed by atoms with Crippen molar-refractivity contribution < 1.29 is 23.9 Å². The van der Waals surface area contributed by atoms with Crippen molar-refractivity contribution in [2.45, 2.75) is 47.5 Å². The number of amides is 1. The molecule has 1 amide bonds. The van der Waals surface area contributed by atoms with E-state index in [0.717, 1.165) is 27.8 Å². The van der Waals surface area contributed by atoms with Crippen LogP contribution in [0, 0.1) is 0 Å². The van der Waals surface area contributed by atoms with Crippen molar-refractivity contribution in [3.05, 3.63) is 94.2 Å². The standard InChI is InChI=1S/C28H27NO5S3/c1-27(2)23(24(31)34-22(18-11-6-4-7-12-18)19-13-8-5-9-14-19)29-25(32)28(33-3,26(29)37-27)36-21(30)17-20-15-10-16-35-20/h4-16,22-23,26H,17H2,1-3H3/t23-,26+,28-/m0/s1. The Balaban J connectivity index is 1.38. The Morgan fingerprint density at radius 1 is 1.00 bits per heavy atom. The van der Waals surface area contributed by atoms with Gasteiger partial charge in [-0.15, -0.1) is 23.1 Å². The molecule has 0 radical (unpaired) electrons. The Labute approximate surface area is 228 Å². The highest BCUT2D eigenvalue weighted by atomic mass is 32.2. The van der Waals surface area contributed by atoms with Gasteiger partial charge in [0.1, 0.15) is 11.4 Å². The van der Waals surface area contributed by atoms with Gasteiger partial charge in [-0.05, 0) is 48.2 Å².